The fourth-order valence-electron chi connectivity index (χ4n) is 2.45. The maximum atomic E-state index is 12.6. The maximum Gasteiger partial charge on any atom is 0.257 e. The van der Waals surface area contributed by atoms with Crippen LogP contribution in [0.15, 0.2) is 38.7 Å². The molecule has 1 atom stereocenters. The number of H-pyrrole nitrogens is 1. The zero-order chi connectivity index (χ0) is 17.3. The maximum absolute atomic E-state index is 12.6. The fourth-order valence-corrected chi connectivity index (χ4v) is 3.21. The van der Waals surface area contributed by atoms with Crippen LogP contribution in [0.5, 0.6) is 0 Å². The van der Waals surface area contributed by atoms with Crippen LogP contribution < -0.4 is 16.2 Å². The normalized spacial score (nSPS) is 16.2. The van der Waals surface area contributed by atoms with Crippen molar-refractivity contribution in [1.82, 2.24) is 9.97 Å². The van der Waals surface area contributed by atoms with E-state index >= 15 is 0 Å². The summed E-state index contributed by atoms with van der Waals surface area (Å²) in [7, 11) is 0. The molecule has 0 saturated heterocycles. The molecule has 7 nitrogen and oxygen atoms in total. The number of anilines is 2. The molecule has 0 unspecified atom stereocenters. The van der Waals surface area contributed by atoms with Gasteiger partial charge in [-0.15, -0.1) is 0 Å². The van der Waals surface area contributed by atoms with Gasteiger partial charge in [0.15, 0.2) is 5.16 Å². The lowest BCUT2D eigenvalue weighted by atomic mass is 9.92. The molecule has 3 rings (SSSR count). The van der Waals surface area contributed by atoms with E-state index in [4.69, 9.17) is 0 Å². The van der Waals surface area contributed by atoms with Gasteiger partial charge in [-0.2, -0.15) is 0 Å². The number of nitrogens with one attached hydrogen (secondary N) is 3. The molecule has 9 heteroatoms. The summed E-state index contributed by atoms with van der Waals surface area (Å²) in [6.45, 7) is 0. The quantitative estimate of drug-likeness (QED) is 0.533. The summed E-state index contributed by atoms with van der Waals surface area (Å²) in [5, 5.41) is 5.69. The summed E-state index contributed by atoms with van der Waals surface area (Å²) in [5.41, 5.74) is 0.328. The second-order valence-electron chi connectivity index (χ2n) is 5.11. The Morgan fingerprint density at radius 2 is 2.12 bits per heavy atom. The molecule has 1 aliphatic rings. The Bertz CT molecular complexity index is 883. The molecular formula is C15H13BrN4O3S. The molecule has 0 fully saturated rings. The topological polar surface area (TPSA) is 104 Å². The first kappa shape index (κ1) is 16.7. The molecule has 1 aliphatic heterocycles. The number of para-hydroxylation sites is 1. The van der Waals surface area contributed by atoms with Crippen molar-refractivity contribution in [3.05, 3.63) is 44.7 Å². The monoisotopic (exact) mass is 408 g/mol. The van der Waals surface area contributed by atoms with Crippen LogP contribution in [0, 0.1) is 0 Å². The van der Waals surface area contributed by atoms with E-state index in [0.717, 1.165) is 0 Å². The lowest BCUT2D eigenvalue weighted by Gasteiger charge is -2.23. The van der Waals surface area contributed by atoms with Crippen molar-refractivity contribution < 1.29 is 9.59 Å². The molecule has 1 aromatic heterocycles. The van der Waals surface area contributed by atoms with Gasteiger partial charge in [0, 0.05) is 10.9 Å². The van der Waals surface area contributed by atoms with E-state index in [1.165, 1.54) is 11.8 Å². The number of hydrogen-bond acceptors (Lipinski definition) is 5. The van der Waals surface area contributed by atoms with Gasteiger partial charge in [-0.05, 0) is 34.3 Å². The molecular weight excluding hydrogens is 396 g/mol. The van der Waals surface area contributed by atoms with Crippen LogP contribution in [0.3, 0.4) is 0 Å². The number of thioether (sulfide) groups is 1. The third-order valence-corrected chi connectivity index (χ3v) is 4.84. The summed E-state index contributed by atoms with van der Waals surface area (Å²) in [6.07, 6.45) is 1.65. The van der Waals surface area contributed by atoms with Crippen molar-refractivity contribution in [2.45, 2.75) is 17.5 Å². The lowest BCUT2D eigenvalue weighted by molar-refractivity contribution is -0.123. The van der Waals surface area contributed by atoms with E-state index in [1.807, 2.05) is 6.07 Å². The smallest absolute Gasteiger partial charge is 0.257 e. The van der Waals surface area contributed by atoms with E-state index in [0.29, 0.717) is 15.3 Å². The number of aromatic amines is 1. The summed E-state index contributed by atoms with van der Waals surface area (Å²) in [4.78, 5) is 43.7. The molecule has 124 valence electrons. The van der Waals surface area contributed by atoms with E-state index in [9.17, 15) is 14.4 Å². The largest absolute Gasteiger partial charge is 0.325 e. The average Bonchev–Trinajstić information content (AvgIpc) is 2.55. The van der Waals surface area contributed by atoms with Gasteiger partial charge >= 0.3 is 0 Å². The fraction of sp³-hybridized carbons (Fsp3) is 0.200. The van der Waals surface area contributed by atoms with E-state index in [2.05, 4.69) is 36.5 Å². The number of aromatic nitrogens is 2. The first-order chi connectivity index (χ1) is 11.5. The Balaban J connectivity index is 1.98. The van der Waals surface area contributed by atoms with Crippen LogP contribution in [0.1, 0.15) is 17.9 Å². The standard InChI is InChI=1S/C15H13BrN4O3S/c1-24-15-19-12-11(14(23)20-15)7(6-10(21)18-12)13(22)17-9-5-3-2-4-8(9)16/h2-5,7H,6H2,1H3,(H,17,22)(H2,18,19,20,21,23)/t7-/m0/s1. The lowest BCUT2D eigenvalue weighted by Crippen LogP contribution is -2.36. The highest BCUT2D eigenvalue weighted by molar-refractivity contribution is 9.10. The number of amides is 2. The number of rotatable bonds is 3. The highest BCUT2D eigenvalue weighted by Crippen LogP contribution is 2.31. The molecule has 1 aromatic carbocycles. The van der Waals surface area contributed by atoms with Gasteiger partial charge in [0.05, 0.1) is 17.2 Å². The molecule has 2 aromatic rings. The summed E-state index contributed by atoms with van der Waals surface area (Å²) >= 11 is 4.60. The Morgan fingerprint density at radius 1 is 1.38 bits per heavy atom. The van der Waals surface area contributed by atoms with Crippen molar-refractivity contribution >= 4 is 51.0 Å². The minimum Gasteiger partial charge on any atom is -0.325 e. The predicted molar refractivity (Wildman–Crippen MR) is 95.4 cm³/mol. The Labute approximate surface area is 149 Å². The number of fused-ring (bicyclic) bond motifs is 1. The van der Waals surface area contributed by atoms with Gasteiger partial charge in [-0.3, -0.25) is 14.4 Å². The number of benzene rings is 1. The summed E-state index contributed by atoms with van der Waals surface area (Å²) in [5.74, 6) is -1.53. The molecule has 24 heavy (non-hydrogen) atoms. The van der Waals surface area contributed by atoms with E-state index in [1.54, 1.807) is 24.5 Å². The zero-order valence-corrected chi connectivity index (χ0v) is 15.0. The van der Waals surface area contributed by atoms with Crippen LogP contribution >= 0.6 is 27.7 Å². The van der Waals surface area contributed by atoms with Gasteiger partial charge in [-0.1, -0.05) is 23.9 Å². The number of carbonyl (C=O) groups is 2. The number of carbonyl (C=O) groups excluding carboxylic acids is 2. The molecule has 0 radical (unpaired) electrons. The SMILES string of the molecule is CSc1nc2c(c(=O)[nH]1)[C@@H](C(=O)Nc1ccccc1Br)CC(=O)N2. The summed E-state index contributed by atoms with van der Waals surface area (Å²) in [6, 6.07) is 7.12. The van der Waals surface area contributed by atoms with Gasteiger partial charge in [0.2, 0.25) is 11.8 Å². The van der Waals surface area contributed by atoms with Crippen molar-refractivity contribution in [2.24, 2.45) is 0 Å². The first-order valence-electron chi connectivity index (χ1n) is 7.03. The Morgan fingerprint density at radius 3 is 2.83 bits per heavy atom. The Hall–Kier alpha value is -2.13. The van der Waals surface area contributed by atoms with Crippen molar-refractivity contribution in [2.75, 3.05) is 16.9 Å². The average molecular weight is 409 g/mol. The van der Waals surface area contributed by atoms with Crippen molar-refractivity contribution in [3.63, 3.8) is 0 Å². The highest BCUT2D eigenvalue weighted by atomic mass is 79.9. The van der Waals surface area contributed by atoms with Crippen molar-refractivity contribution in [1.29, 1.82) is 0 Å². The van der Waals surface area contributed by atoms with Crippen LogP contribution in [-0.4, -0.2) is 28.0 Å². The Kier molecular flexibility index (Phi) is 4.72. The molecule has 2 amide bonds. The van der Waals surface area contributed by atoms with Crippen LogP contribution in [0.25, 0.3) is 0 Å². The molecule has 3 N–H and O–H groups in total. The van der Waals surface area contributed by atoms with Gasteiger partial charge in [0.25, 0.3) is 5.56 Å². The molecule has 0 bridgehead atoms. The first-order valence-corrected chi connectivity index (χ1v) is 9.05. The van der Waals surface area contributed by atoms with E-state index in [-0.39, 0.29) is 23.7 Å². The molecule has 0 spiro atoms. The number of halogens is 1. The highest BCUT2D eigenvalue weighted by Gasteiger charge is 2.34. The second kappa shape index (κ2) is 6.78. The van der Waals surface area contributed by atoms with Gasteiger partial charge in [-0.25, -0.2) is 4.98 Å². The van der Waals surface area contributed by atoms with Crippen molar-refractivity contribution in [3.8, 4) is 0 Å². The minimum absolute atomic E-state index is 0.105. The van der Waals surface area contributed by atoms with Crippen LogP contribution in [0.4, 0.5) is 11.5 Å². The van der Waals surface area contributed by atoms with Crippen LogP contribution in [0.2, 0.25) is 0 Å². The van der Waals surface area contributed by atoms with Gasteiger partial charge in [0.1, 0.15) is 5.82 Å². The van der Waals surface area contributed by atoms with Crippen LogP contribution in [-0.2, 0) is 9.59 Å². The molecule has 0 aliphatic carbocycles. The zero-order valence-electron chi connectivity index (χ0n) is 12.6. The third-order valence-electron chi connectivity index (χ3n) is 3.57. The number of hydrogen-bond donors (Lipinski definition) is 3. The minimum atomic E-state index is -0.895. The number of nitrogens with zero attached hydrogens (tertiary/aromatic N) is 1. The molecule has 2 heterocycles. The third kappa shape index (κ3) is 3.22. The molecule has 0 saturated carbocycles. The second-order valence-corrected chi connectivity index (χ2v) is 6.76. The summed E-state index contributed by atoms with van der Waals surface area (Å²) < 4.78 is 0.712. The van der Waals surface area contributed by atoms with Gasteiger partial charge < -0.3 is 15.6 Å². The van der Waals surface area contributed by atoms with E-state index < -0.39 is 17.4 Å². The predicted octanol–water partition coefficient (Wildman–Crippen LogP) is 2.32.